The first kappa shape index (κ1) is 15.9. The Balaban J connectivity index is 2.55. The minimum atomic E-state index is -3.47. The maximum Gasteiger partial charge on any atom is 0.240 e. The van der Waals surface area contributed by atoms with Gasteiger partial charge in [0.05, 0.1) is 16.9 Å². The lowest BCUT2D eigenvalue weighted by molar-refractivity contribution is 0.196. The van der Waals surface area contributed by atoms with Crippen LogP contribution in [-0.4, -0.2) is 34.1 Å². The molecule has 1 atom stereocenters. The van der Waals surface area contributed by atoms with E-state index in [2.05, 4.69) is 20.7 Å². The van der Waals surface area contributed by atoms with Gasteiger partial charge in [-0.15, -0.1) is 11.6 Å². The number of methoxy groups -OCH3 is 1. The number of rotatable bonds is 7. The van der Waals surface area contributed by atoms with E-state index < -0.39 is 10.0 Å². The first-order chi connectivity index (χ1) is 8.45. The summed E-state index contributed by atoms with van der Waals surface area (Å²) in [4.78, 5) is 0.231. The Kier molecular flexibility index (Phi) is 6.59. The summed E-state index contributed by atoms with van der Waals surface area (Å²) in [6.45, 7) is 0.687. The minimum absolute atomic E-state index is 0.194. The Labute approximate surface area is 121 Å². The quantitative estimate of drug-likeness (QED) is 0.763. The van der Waals surface area contributed by atoms with Crippen molar-refractivity contribution in [1.82, 2.24) is 4.72 Å². The van der Waals surface area contributed by atoms with E-state index in [0.29, 0.717) is 13.0 Å². The lowest BCUT2D eigenvalue weighted by Gasteiger charge is -2.10. The summed E-state index contributed by atoms with van der Waals surface area (Å²) in [5.41, 5.74) is 0. The Morgan fingerprint density at radius 3 is 2.83 bits per heavy atom. The number of alkyl halides is 1. The van der Waals surface area contributed by atoms with Gasteiger partial charge in [0.15, 0.2) is 0 Å². The van der Waals surface area contributed by atoms with Gasteiger partial charge in [0.2, 0.25) is 10.0 Å². The molecular weight excluding hydrogens is 342 g/mol. The van der Waals surface area contributed by atoms with E-state index in [4.69, 9.17) is 16.3 Å². The van der Waals surface area contributed by atoms with E-state index in [-0.39, 0.29) is 16.8 Å². The van der Waals surface area contributed by atoms with Crippen LogP contribution in [0.2, 0.25) is 0 Å². The van der Waals surface area contributed by atoms with E-state index in [9.17, 15) is 8.42 Å². The van der Waals surface area contributed by atoms with Crippen molar-refractivity contribution in [2.24, 2.45) is 0 Å². The third kappa shape index (κ3) is 5.24. The number of hydrogen-bond acceptors (Lipinski definition) is 3. The summed E-state index contributed by atoms with van der Waals surface area (Å²) in [6.07, 6.45) is 0.516. The van der Waals surface area contributed by atoms with Gasteiger partial charge in [-0.2, -0.15) is 0 Å². The summed E-state index contributed by atoms with van der Waals surface area (Å²) in [7, 11) is -1.92. The van der Waals surface area contributed by atoms with E-state index >= 15 is 0 Å². The first-order valence-electron chi connectivity index (χ1n) is 5.34. The Morgan fingerprint density at radius 1 is 1.50 bits per heavy atom. The molecule has 1 rings (SSSR count). The number of benzene rings is 1. The molecule has 18 heavy (non-hydrogen) atoms. The van der Waals surface area contributed by atoms with Crippen LogP contribution in [0.3, 0.4) is 0 Å². The van der Waals surface area contributed by atoms with E-state index in [1.165, 1.54) is 0 Å². The predicted octanol–water partition coefficient (Wildman–Crippen LogP) is 2.37. The summed E-state index contributed by atoms with van der Waals surface area (Å²) >= 11 is 9.15. The number of halogens is 2. The van der Waals surface area contributed by atoms with Crippen LogP contribution in [0.4, 0.5) is 0 Å². The molecule has 0 saturated heterocycles. The van der Waals surface area contributed by atoms with Crippen LogP contribution in [0, 0.1) is 0 Å². The number of ether oxygens (including phenoxy) is 1. The van der Waals surface area contributed by atoms with Gasteiger partial charge in [-0.05, 0) is 24.6 Å². The molecule has 1 unspecified atom stereocenters. The first-order valence-corrected chi connectivity index (χ1v) is 8.05. The number of nitrogens with one attached hydrogen (secondary N) is 1. The highest BCUT2D eigenvalue weighted by molar-refractivity contribution is 9.10. The molecule has 0 amide bonds. The van der Waals surface area contributed by atoms with Crippen LogP contribution in [0.1, 0.15) is 6.42 Å². The third-order valence-electron chi connectivity index (χ3n) is 2.20. The molecule has 0 aliphatic rings. The molecular formula is C11H15BrClNO3S. The third-order valence-corrected chi connectivity index (χ3v) is 4.50. The van der Waals surface area contributed by atoms with Crippen LogP contribution in [0.5, 0.6) is 0 Å². The topological polar surface area (TPSA) is 55.4 Å². The average molecular weight is 357 g/mol. The van der Waals surface area contributed by atoms with Crippen LogP contribution >= 0.6 is 27.5 Å². The minimum Gasteiger partial charge on any atom is -0.383 e. The van der Waals surface area contributed by atoms with Crippen LogP contribution in [0.15, 0.2) is 33.6 Å². The molecule has 7 heteroatoms. The molecule has 0 aromatic heterocycles. The predicted molar refractivity (Wildman–Crippen MR) is 75.5 cm³/mol. The van der Waals surface area contributed by atoms with Gasteiger partial charge in [0, 0.05) is 18.1 Å². The molecule has 0 radical (unpaired) electrons. The van der Waals surface area contributed by atoms with Crippen LogP contribution < -0.4 is 4.72 Å². The zero-order chi connectivity index (χ0) is 13.6. The largest absolute Gasteiger partial charge is 0.383 e. The van der Waals surface area contributed by atoms with Crippen molar-refractivity contribution in [3.63, 3.8) is 0 Å². The van der Waals surface area contributed by atoms with E-state index in [0.717, 1.165) is 4.47 Å². The second kappa shape index (κ2) is 7.45. The highest BCUT2D eigenvalue weighted by Gasteiger charge is 2.14. The fraction of sp³-hybridized carbons (Fsp3) is 0.455. The standard InChI is InChI=1S/C11H15BrClNO3S/c1-17-8-10(13)5-6-14-18(15,16)11-4-2-3-9(12)7-11/h2-4,7,10,14H,5-6,8H2,1H3. The molecule has 0 fully saturated rings. The maximum absolute atomic E-state index is 11.9. The zero-order valence-corrected chi connectivity index (χ0v) is 13.1. The summed E-state index contributed by atoms with van der Waals surface area (Å²) in [6, 6.07) is 6.54. The molecule has 0 saturated carbocycles. The van der Waals surface area contributed by atoms with Gasteiger partial charge in [-0.1, -0.05) is 22.0 Å². The Hall–Kier alpha value is -0.140. The highest BCUT2D eigenvalue weighted by Crippen LogP contribution is 2.15. The normalized spacial score (nSPS) is 13.5. The lowest BCUT2D eigenvalue weighted by atomic mass is 10.3. The molecule has 1 aromatic rings. The van der Waals surface area contributed by atoms with E-state index in [1.54, 1.807) is 31.4 Å². The summed E-state index contributed by atoms with van der Waals surface area (Å²) in [5.74, 6) is 0. The van der Waals surface area contributed by atoms with Crippen molar-refractivity contribution in [3.05, 3.63) is 28.7 Å². The molecule has 0 spiro atoms. The second-order valence-corrected chi connectivity index (χ2v) is 7.00. The maximum atomic E-state index is 11.9. The molecule has 0 heterocycles. The van der Waals surface area contributed by atoms with Crippen molar-refractivity contribution in [2.45, 2.75) is 16.7 Å². The monoisotopic (exact) mass is 355 g/mol. The van der Waals surface area contributed by atoms with Crippen molar-refractivity contribution in [3.8, 4) is 0 Å². The molecule has 102 valence electrons. The Bertz CT molecular complexity index is 481. The zero-order valence-electron chi connectivity index (χ0n) is 9.90. The van der Waals surface area contributed by atoms with Crippen LogP contribution in [0.25, 0.3) is 0 Å². The average Bonchev–Trinajstić information content (AvgIpc) is 2.29. The summed E-state index contributed by atoms with van der Waals surface area (Å²) < 4.78 is 31.9. The van der Waals surface area contributed by atoms with E-state index in [1.807, 2.05) is 0 Å². The van der Waals surface area contributed by atoms with Crippen LogP contribution in [-0.2, 0) is 14.8 Å². The van der Waals surface area contributed by atoms with Gasteiger partial charge < -0.3 is 4.74 Å². The molecule has 0 aliphatic heterocycles. The smallest absolute Gasteiger partial charge is 0.240 e. The molecule has 1 N–H and O–H groups in total. The number of hydrogen-bond donors (Lipinski definition) is 1. The van der Waals surface area contributed by atoms with Gasteiger partial charge in [-0.3, -0.25) is 0 Å². The molecule has 1 aromatic carbocycles. The lowest BCUT2D eigenvalue weighted by Crippen LogP contribution is -2.27. The summed E-state index contributed by atoms with van der Waals surface area (Å²) in [5, 5.41) is -0.194. The fourth-order valence-electron chi connectivity index (χ4n) is 1.33. The van der Waals surface area contributed by atoms with Gasteiger partial charge >= 0.3 is 0 Å². The second-order valence-electron chi connectivity index (χ2n) is 3.70. The number of sulfonamides is 1. The molecule has 4 nitrogen and oxygen atoms in total. The molecule has 0 aliphatic carbocycles. The molecule has 0 bridgehead atoms. The van der Waals surface area contributed by atoms with Crippen molar-refractivity contribution in [1.29, 1.82) is 0 Å². The van der Waals surface area contributed by atoms with Gasteiger partial charge in [0.1, 0.15) is 0 Å². The van der Waals surface area contributed by atoms with Gasteiger partial charge in [0.25, 0.3) is 0 Å². The van der Waals surface area contributed by atoms with Crippen molar-refractivity contribution in [2.75, 3.05) is 20.3 Å². The van der Waals surface area contributed by atoms with Crippen molar-refractivity contribution < 1.29 is 13.2 Å². The van der Waals surface area contributed by atoms with Crippen molar-refractivity contribution >= 4 is 37.6 Å². The fourth-order valence-corrected chi connectivity index (χ4v) is 3.21. The Morgan fingerprint density at radius 2 is 2.22 bits per heavy atom. The highest BCUT2D eigenvalue weighted by atomic mass is 79.9. The SMILES string of the molecule is COCC(Cl)CCNS(=O)(=O)c1cccc(Br)c1. The van der Waals surface area contributed by atoms with Gasteiger partial charge in [-0.25, -0.2) is 13.1 Å².